The SMILES string of the molecule is Cc1cc(C)cc(OCCC(CN)c2ccc(F)cc2)c1. The minimum Gasteiger partial charge on any atom is -0.494 e. The lowest BCUT2D eigenvalue weighted by atomic mass is 9.96. The highest BCUT2D eigenvalue weighted by atomic mass is 19.1. The molecule has 2 nitrogen and oxygen atoms in total. The Bertz CT molecular complexity index is 560. The molecule has 0 saturated carbocycles. The van der Waals surface area contributed by atoms with Crippen molar-refractivity contribution in [1.29, 1.82) is 0 Å². The maximum absolute atomic E-state index is 12.9. The van der Waals surface area contributed by atoms with Crippen molar-refractivity contribution < 1.29 is 9.13 Å². The van der Waals surface area contributed by atoms with E-state index >= 15 is 0 Å². The van der Waals surface area contributed by atoms with E-state index in [-0.39, 0.29) is 11.7 Å². The van der Waals surface area contributed by atoms with Gasteiger partial charge in [-0.15, -0.1) is 0 Å². The lowest BCUT2D eigenvalue weighted by molar-refractivity contribution is 0.298. The molecule has 1 atom stereocenters. The first kappa shape index (κ1) is 15.5. The Morgan fingerprint density at radius 3 is 2.24 bits per heavy atom. The minimum absolute atomic E-state index is 0.191. The topological polar surface area (TPSA) is 35.2 Å². The van der Waals surface area contributed by atoms with Crippen LogP contribution >= 0.6 is 0 Å². The molecule has 0 aliphatic rings. The van der Waals surface area contributed by atoms with Crippen LogP contribution < -0.4 is 10.5 Å². The zero-order chi connectivity index (χ0) is 15.2. The number of aryl methyl sites for hydroxylation is 2. The Kier molecular flexibility index (Phi) is 5.34. The Balaban J connectivity index is 1.92. The monoisotopic (exact) mass is 287 g/mol. The van der Waals surface area contributed by atoms with E-state index in [2.05, 4.69) is 19.9 Å². The van der Waals surface area contributed by atoms with Gasteiger partial charge in [-0.25, -0.2) is 4.39 Å². The smallest absolute Gasteiger partial charge is 0.123 e. The van der Waals surface area contributed by atoms with Gasteiger partial charge in [0.1, 0.15) is 11.6 Å². The van der Waals surface area contributed by atoms with Crippen LogP contribution in [0.25, 0.3) is 0 Å². The van der Waals surface area contributed by atoms with Gasteiger partial charge in [0, 0.05) is 0 Å². The van der Waals surface area contributed by atoms with Gasteiger partial charge < -0.3 is 10.5 Å². The van der Waals surface area contributed by atoms with Crippen LogP contribution in [0, 0.1) is 19.7 Å². The molecule has 0 spiro atoms. The predicted octanol–water partition coefficient (Wildman–Crippen LogP) is 3.95. The quantitative estimate of drug-likeness (QED) is 0.873. The van der Waals surface area contributed by atoms with Crippen molar-refractivity contribution in [3.05, 3.63) is 65.0 Å². The average molecular weight is 287 g/mol. The van der Waals surface area contributed by atoms with Gasteiger partial charge in [-0.1, -0.05) is 18.2 Å². The van der Waals surface area contributed by atoms with E-state index in [1.54, 1.807) is 12.1 Å². The van der Waals surface area contributed by atoms with E-state index in [0.717, 1.165) is 17.7 Å². The summed E-state index contributed by atoms with van der Waals surface area (Å²) < 4.78 is 18.8. The number of ether oxygens (including phenoxy) is 1. The molecule has 3 heteroatoms. The van der Waals surface area contributed by atoms with Crippen molar-refractivity contribution in [3.8, 4) is 5.75 Å². The van der Waals surface area contributed by atoms with Crippen molar-refractivity contribution in [2.75, 3.05) is 13.2 Å². The fourth-order valence-corrected chi connectivity index (χ4v) is 2.49. The van der Waals surface area contributed by atoms with Crippen LogP contribution in [0.3, 0.4) is 0 Å². The summed E-state index contributed by atoms with van der Waals surface area (Å²) in [4.78, 5) is 0. The van der Waals surface area contributed by atoms with E-state index in [9.17, 15) is 4.39 Å². The molecule has 0 aliphatic heterocycles. The van der Waals surface area contributed by atoms with Crippen LogP contribution in [0.5, 0.6) is 5.75 Å². The molecule has 0 bridgehead atoms. The van der Waals surface area contributed by atoms with Crippen LogP contribution in [0.2, 0.25) is 0 Å². The normalized spacial score (nSPS) is 12.2. The summed E-state index contributed by atoms with van der Waals surface area (Å²) in [5, 5.41) is 0. The first-order chi connectivity index (χ1) is 10.1. The third-order valence-electron chi connectivity index (χ3n) is 3.56. The number of rotatable bonds is 6. The number of hydrogen-bond acceptors (Lipinski definition) is 2. The van der Waals surface area contributed by atoms with Gasteiger partial charge in [-0.2, -0.15) is 0 Å². The third kappa shape index (κ3) is 4.57. The van der Waals surface area contributed by atoms with Gasteiger partial charge in [0.15, 0.2) is 0 Å². The number of nitrogens with two attached hydrogens (primary N) is 1. The van der Waals surface area contributed by atoms with Gasteiger partial charge in [-0.3, -0.25) is 0 Å². The Morgan fingerprint density at radius 1 is 1.05 bits per heavy atom. The van der Waals surface area contributed by atoms with E-state index in [1.165, 1.54) is 23.3 Å². The van der Waals surface area contributed by atoms with Crippen molar-refractivity contribution in [2.24, 2.45) is 5.73 Å². The highest BCUT2D eigenvalue weighted by molar-refractivity contribution is 5.33. The standard InChI is InChI=1S/C18H22FNO/c1-13-9-14(2)11-18(10-13)21-8-7-16(12-20)15-3-5-17(19)6-4-15/h3-6,9-11,16H,7-8,12,20H2,1-2H3. The molecule has 2 aromatic rings. The van der Waals surface area contributed by atoms with Crippen LogP contribution in [-0.4, -0.2) is 13.2 Å². The lowest BCUT2D eigenvalue weighted by Gasteiger charge is -2.16. The molecule has 1 unspecified atom stereocenters. The van der Waals surface area contributed by atoms with Crippen LogP contribution in [0.4, 0.5) is 4.39 Å². The fraction of sp³-hybridized carbons (Fsp3) is 0.333. The van der Waals surface area contributed by atoms with Gasteiger partial charge in [0.05, 0.1) is 6.61 Å². The van der Waals surface area contributed by atoms with Crippen LogP contribution in [0.15, 0.2) is 42.5 Å². The van der Waals surface area contributed by atoms with Gasteiger partial charge >= 0.3 is 0 Å². The van der Waals surface area contributed by atoms with Crippen LogP contribution in [-0.2, 0) is 0 Å². The zero-order valence-electron chi connectivity index (χ0n) is 12.6. The fourth-order valence-electron chi connectivity index (χ4n) is 2.49. The third-order valence-corrected chi connectivity index (χ3v) is 3.56. The van der Waals surface area contributed by atoms with E-state index in [4.69, 9.17) is 10.5 Å². The van der Waals surface area contributed by atoms with E-state index in [0.29, 0.717) is 13.2 Å². The molecular formula is C18H22FNO. The number of hydrogen-bond donors (Lipinski definition) is 1. The molecular weight excluding hydrogens is 265 g/mol. The van der Waals surface area contributed by atoms with Crippen molar-refractivity contribution in [2.45, 2.75) is 26.2 Å². The highest BCUT2D eigenvalue weighted by Gasteiger charge is 2.10. The molecule has 0 fully saturated rings. The second-order valence-corrected chi connectivity index (χ2v) is 5.44. The molecule has 2 aromatic carbocycles. The summed E-state index contributed by atoms with van der Waals surface area (Å²) in [6.07, 6.45) is 0.815. The lowest BCUT2D eigenvalue weighted by Crippen LogP contribution is -2.15. The summed E-state index contributed by atoms with van der Waals surface area (Å²) in [5.74, 6) is 0.861. The Hall–Kier alpha value is -1.87. The Morgan fingerprint density at radius 2 is 1.67 bits per heavy atom. The highest BCUT2D eigenvalue weighted by Crippen LogP contribution is 2.21. The summed E-state index contributed by atoms with van der Waals surface area (Å²) in [6, 6.07) is 12.7. The van der Waals surface area contributed by atoms with Gasteiger partial charge in [0.2, 0.25) is 0 Å². The first-order valence-electron chi connectivity index (χ1n) is 7.25. The molecule has 0 aromatic heterocycles. The second kappa shape index (κ2) is 7.23. The largest absolute Gasteiger partial charge is 0.494 e. The van der Waals surface area contributed by atoms with Gasteiger partial charge in [-0.05, 0) is 73.7 Å². The van der Waals surface area contributed by atoms with E-state index < -0.39 is 0 Å². The van der Waals surface area contributed by atoms with Crippen LogP contribution in [0.1, 0.15) is 29.0 Å². The molecule has 112 valence electrons. The number of benzene rings is 2. The molecule has 2 rings (SSSR count). The molecule has 0 saturated heterocycles. The molecule has 0 heterocycles. The maximum atomic E-state index is 12.9. The molecule has 0 amide bonds. The molecule has 21 heavy (non-hydrogen) atoms. The molecule has 0 aliphatic carbocycles. The zero-order valence-corrected chi connectivity index (χ0v) is 12.6. The van der Waals surface area contributed by atoms with Crippen molar-refractivity contribution >= 4 is 0 Å². The summed E-state index contributed by atoms with van der Waals surface area (Å²) in [6.45, 7) is 5.24. The average Bonchev–Trinajstić information content (AvgIpc) is 2.44. The first-order valence-corrected chi connectivity index (χ1v) is 7.25. The van der Waals surface area contributed by atoms with Gasteiger partial charge in [0.25, 0.3) is 0 Å². The second-order valence-electron chi connectivity index (χ2n) is 5.44. The Labute approximate surface area is 125 Å². The maximum Gasteiger partial charge on any atom is 0.123 e. The molecule has 2 N–H and O–H groups in total. The summed E-state index contributed by atoms with van der Waals surface area (Å²) >= 11 is 0. The van der Waals surface area contributed by atoms with E-state index in [1.807, 2.05) is 12.1 Å². The predicted molar refractivity (Wildman–Crippen MR) is 84.2 cm³/mol. The van der Waals surface area contributed by atoms with Crippen molar-refractivity contribution in [3.63, 3.8) is 0 Å². The minimum atomic E-state index is -0.221. The summed E-state index contributed by atoms with van der Waals surface area (Å²) in [7, 11) is 0. The molecule has 0 radical (unpaired) electrons. The number of halogens is 1. The van der Waals surface area contributed by atoms with Crippen molar-refractivity contribution in [1.82, 2.24) is 0 Å². The summed E-state index contributed by atoms with van der Waals surface area (Å²) in [5.41, 5.74) is 9.27.